The number of rotatable bonds is 4. The van der Waals surface area contributed by atoms with Gasteiger partial charge in [-0.25, -0.2) is 4.68 Å². The van der Waals surface area contributed by atoms with Crippen molar-refractivity contribution < 1.29 is 4.79 Å². The molecule has 106 valence electrons. The summed E-state index contributed by atoms with van der Waals surface area (Å²) >= 11 is 0. The van der Waals surface area contributed by atoms with Crippen LogP contribution in [-0.2, 0) is 0 Å². The number of nitrogens with zero attached hydrogens (tertiary/aromatic N) is 2. The van der Waals surface area contributed by atoms with E-state index in [4.69, 9.17) is 0 Å². The van der Waals surface area contributed by atoms with Crippen LogP contribution in [0.2, 0.25) is 0 Å². The number of hydrogen-bond donors (Lipinski definition) is 1. The average molecular weight is 271 g/mol. The van der Waals surface area contributed by atoms with E-state index >= 15 is 0 Å². The van der Waals surface area contributed by atoms with Crippen LogP contribution in [0.15, 0.2) is 30.3 Å². The van der Waals surface area contributed by atoms with Gasteiger partial charge in [-0.3, -0.25) is 4.79 Å². The first kappa shape index (κ1) is 14.3. The van der Waals surface area contributed by atoms with E-state index < -0.39 is 0 Å². The summed E-state index contributed by atoms with van der Waals surface area (Å²) in [6, 6.07) is 9.54. The van der Waals surface area contributed by atoms with Gasteiger partial charge in [-0.2, -0.15) is 5.10 Å². The van der Waals surface area contributed by atoms with E-state index in [1.807, 2.05) is 48.9 Å². The lowest BCUT2D eigenvalue weighted by Crippen LogP contribution is -2.27. The van der Waals surface area contributed by atoms with Crippen LogP contribution in [0.25, 0.3) is 5.69 Å². The lowest BCUT2D eigenvalue weighted by molar-refractivity contribution is 0.0949. The van der Waals surface area contributed by atoms with Crippen LogP contribution in [0, 0.1) is 19.8 Å². The Labute approximate surface area is 119 Å². The number of aryl methyl sites for hydroxylation is 2. The summed E-state index contributed by atoms with van der Waals surface area (Å²) in [4.78, 5) is 11.9. The van der Waals surface area contributed by atoms with Crippen molar-refractivity contribution in [2.75, 3.05) is 6.54 Å². The molecule has 1 aromatic heterocycles. The van der Waals surface area contributed by atoms with Crippen LogP contribution in [0.4, 0.5) is 0 Å². The van der Waals surface area contributed by atoms with Gasteiger partial charge in [0.2, 0.25) is 0 Å². The molecule has 0 saturated heterocycles. The number of carbonyl (C=O) groups excluding carboxylic acids is 1. The number of hydrogen-bond acceptors (Lipinski definition) is 2. The van der Waals surface area contributed by atoms with Gasteiger partial charge < -0.3 is 5.32 Å². The summed E-state index contributed by atoms with van der Waals surface area (Å²) in [5, 5.41) is 7.34. The highest BCUT2D eigenvalue weighted by Gasteiger charge is 2.08. The molecule has 0 unspecified atom stereocenters. The molecule has 1 aromatic carbocycles. The summed E-state index contributed by atoms with van der Waals surface area (Å²) in [5.74, 6) is 0.423. The van der Waals surface area contributed by atoms with Crippen molar-refractivity contribution in [3.05, 3.63) is 47.3 Å². The highest BCUT2D eigenvalue weighted by molar-refractivity contribution is 5.94. The van der Waals surface area contributed by atoms with Gasteiger partial charge in [0.05, 0.1) is 11.4 Å². The molecule has 0 bridgehead atoms. The topological polar surface area (TPSA) is 46.9 Å². The summed E-state index contributed by atoms with van der Waals surface area (Å²) in [7, 11) is 0. The first-order valence-electron chi connectivity index (χ1n) is 6.89. The molecule has 1 amide bonds. The Morgan fingerprint density at radius 2 is 1.90 bits per heavy atom. The Morgan fingerprint density at radius 1 is 1.25 bits per heavy atom. The maximum Gasteiger partial charge on any atom is 0.251 e. The van der Waals surface area contributed by atoms with Gasteiger partial charge in [-0.15, -0.1) is 0 Å². The quantitative estimate of drug-likeness (QED) is 0.929. The number of amides is 1. The normalized spacial score (nSPS) is 10.8. The monoisotopic (exact) mass is 271 g/mol. The second-order valence-corrected chi connectivity index (χ2v) is 5.49. The molecule has 2 rings (SSSR count). The maximum absolute atomic E-state index is 11.9. The van der Waals surface area contributed by atoms with Gasteiger partial charge >= 0.3 is 0 Å². The Kier molecular flexibility index (Phi) is 4.23. The fourth-order valence-electron chi connectivity index (χ4n) is 2.04. The van der Waals surface area contributed by atoms with Gasteiger partial charge in [0.25, 0.3) is 5.91 Å². The van der Waals surface area contributed by atoms with Gasteiger partial charge in [0, 0.05) is 17.8 Å². The predicted octanol–water partition coefficient (Wildman–Crippen LogP) is 2.87. The van der Waals surface area contributed by atoms with Crippen LogP contribution >= 0.6 is 0 Å². The van der Waals surface area contributed by atoms with Crippen molar-refractivity contribution >= 4 is 5.91 Å². The molecule has 0 saturated carbocycles. The van der Waals surface area contributed by atoms with Gasteiger partial charge in [-0.1, -0.05) is 13.8 Å². The third-order valence-electron chi connectivity index (χ3n) is 3.05. The largest absolute Gasteiger partial charge is 0.352 e. The summed E-state index contributed by atoms with van der Waals surface area (Å²) < 4.78 is 1.88. The molecule has 1 heterocycles. The molecule has 4 nitrogen and oxygen atoms in total. The minimum absolute atomic E-state index is 0.0291. The SMILES string of the molecule is Cc1cc(C)n(-c2ccc(C(=O)NCC(C)C)cc2)n1. The van der Waals surface area contributed by atoms with Crippen LogP contribution in [0.1, 0.15) is 35.6 Å². The fraction of sp³-hybridized carbons (Fsp3) is 0.375. The smallest absolute Gasteiger partial charge is 0.251 e. The molecule has 0 aliphatic carbocycles. The molecule has 0 aliphatic rings. The van der Waals surface area contributed by atoms with E-state index in [-0.39, 0.29) is 5.91 Å². The number of benzene rings is 1. The maximum atomic E-state index is 11.9. The first-order chi connectivity index (χ1) is 9.47. The second kappa shape index (κ2) is 5.90. The number of carbonyl (C=O) groups is 1. The zero-order valence-corrected chi connectivity index (χ0v) is 12.5. The van der Waals surface area contributed by atoms with E-state index in [1.165, 1.54) is 0 Å². The molecule has 0 atom stereocenters. The minimum Gasteiger partial charge on any atom is -0.352 e. The average Bonchev–Trinajstić information content (AvgIpc) is 2.75. The molecule has 2 aromatic rings. The number of nitrogens with one attached hydrogen (secondary N) is 1. The standard InChI is InChI=1S/C16H21N3O/c1-11(2)10-17-16(20)14-5-7-15(8-6-14)19-13(4)9-12(3)18-19/h5-9,11H,10H2,1-4H3,(H,17,20). The lowest BCUT2D eigenvalue weighted by atomic mass is 10.1. The fourth-order valence-corrected chi connectivity index (χ4v) is 2.04. The third-order valence-corrected chi connectivity index (χ3v) is 3.05. The van der Waals surface area contributed by atoms with Crippen molar-refractivity contribution in [2.45, 2.75) is 27.7 Å². The minimum atomic E-state index is -0.0291. The molecule has 0 spiro atoms. The van der Waals surface area contributed by atoms with Crippen molar-refractivity contribution in [3.8, 4) is 5.69 Å². The molecule has 20 heavy (non-hydrogen) atoms. The Morgan fingerprint density at radius 3 is 2.40 bits per heavy atom. The van der Waals surface area contributed by atoms with Crippen molar-refractivity contribution in [1.82, 2.24) is 15.1 Å². The Bertz CT molecular complexity index is 597. The molecule has 0 radical (unpaired) electrons. The summed E-state index contributed by atoms with van der Waals surface area (Å²) in [6.07, 6.45) is 0. The summed E-state index contributed by atoms with van der Waals surface area (Å²) in [6.45, 7) is 8.83. The van der Waals surface area contributed by atoms with E-state index in [1.54, 1.807) is 0 Å². The third kappa shape index (κ3) is 3.26. The summed E-state index contributed by atoms with van der Waals surface area (Å²) in [5.41, 5.74) is 3.72. The number of aromatic nitrogens is 2. The first-order valence-corrected chi connectivity index (χ1v) is 6.89. The van der Waals surface area contributed by atoms with Crippen LogP contribution in [-0.4, -0.2) is 22.2 Å². The van der Waals surface area contributed by atoms with Crippen molar-refractivity contribution in [3.63, 3.8) is 0 Å². The van der Waals surface area contributed by atoms with Gasteiger partial charge in [0.15, 0.2) is 0 Å². The van der Waals surface area contributed by atoms with Gasteiger partial charge in [-0.05, 0) is 50.1 Å². The second-order valence-electron chi connectivity index (χ2n) is 5.49. The van der Waals surface area contributed by atoms with E-state index in [0.717, 1.165) is 17.1 Å². The van der Waals surface area contributed by atoms with E-state index in [9.17, 15) is 4.79 Å². The molecule has 4 heteroatoms. The van der Waals surface area contributed by atoms with E-state index in [2.05, 4.69) is 24.3 Å². The molecule has 1 N–H and O–H groups in total. The Balaban J connectivity index is 2.14. The highest BCUT2D eigenvalue weighted by atomic mass is 16.1. The lowest BCUT2D eigenvalue weighted by Gasteiger charge is -2.09. The van der Waals surface area contributed by atoms with Gasteiger partial charge in [0.1, 0.15) is 0 Å². The van der Waals surface area contributed by atoms with Crippen molar-refractivity contribution in [1.29, 1.82) is 0 Å². The molecule has 0 fully saturated rings. The van der Waals surface area contributed by atoms with E-state index in [0.29, 0.717) is 18.0 Å². The zero-order valence-electron chi connectivity index (χ0n) is 12.5. The predicted molar refractivity (Wildman–Crippen MR) is 80.2 cm³/mol. The van der Waals surface area contributed by atoms with Crippen LogP contribution in [0.3, 0.4) is 0 Å². The Hall–Kier alpha value is -2.10. The van der Waals surface area contributed by atoms with Crippen molar-refractivity contribution in [2.24, 2.45) is 5.92 Å². The molecular formula is C16H21N3O. The van der Waals surface area contributed by atoms with Crippen LogP contribution < -0.4 is 5.32 Å². The molecule has 0 aliphatic heterocycles. The highest BCUT2D eigenvalue weighted by Crippen LogP contribution is 2.13. The zero-order chi connectivity index (χ0) is 14.7. The molecular weight excluding hydrogens is 250 g/mol. The van der Waals surface area contributed by atoms with Crippen LogP contribution in [0.5, 0.6) is 0 Å².